The first kappa shape index (κ1) is 7.86. The molecule has 3 heteroatoms. The Hall–Kier alpha value is -1.25. The summed E-state index contributed by atoms with van der Waals surface area (Å²) in [5, 5.41) is 11.4. The molecule has 2 radical (unpaired) electrons. The lowest BCUT2D eigenvalue weighted by Crippen LogP contribution is -2.17. The molecule has 0 aromatic heterocycles. The third kappa shape index (κ3) is 2.11. The van der Waals surface area contributed by atoms with Crippen molar-refractivity contribution in [3.63, 3.8) is 0 Å². The maximum Gasteiger partial charge on any atom is 0.210 e. The largest absolute Gasteiger partial charge is 0.624 e. The van der Waals surface area contributed by atoms with E-state index in [2.05, 4.69) is 0 Å². The van der Waals surface area contributed by atoms with Crippen LogP contribution in [-0.2, 0) is 0 Å². The number of hydrogen-bond donors (Lipinski definition) is 0. The minimum atomic E-state index is 0.599. The van der Waals surface area contributed by atoms with E-state index in [1.807, 2.05) is 0 Å². The van der Waals surface area contributed by atoms with Gasteiger partial charge in [0.15, 0.2) is 0 Å². The van der Waals surface area contributed by atoms with Crippen molar-refractivity contribution in [2.75, 3.05) is 7.05 Å². The van der Waals surface area contributed by atoms with Crippen LogP contribution in [0.5, 0.6) is 0 Å². The van der Waals surface area contributed by atoms with E-state index in [4.69, 9.17) is 7.85 Å². The molecule has 2 nitrogen and oxygen atoms in total. The second-order valence-corrected chi connectivity index (χ2v) is 2.28. The van der Waals surface area contributed by atoms with Crippen molar-refractivity contribution >= 4 is 13.3 Å². The van der Waals surface area contributed by atoms with Crippen LogP contribution in [0.25, 0.3) is 0 Å². The van der Waals surface area contributed by atoms with Crippen LogP contribution in [0.1, 0.15) is 0 Å². The standard InChI is InChI=1S/C8H8BNO/c1-10(11)8-4-2-3-7(9)5-6-8/h2-6H,1H3/b10-8+. The smallest absolute Gasteiger partial charge is 0.210 e. The average molecular weight is 145 g/mol. The Morgan fingerprint density at radius 2 is 2.00 bits per heavy atom. The molecule has 1 rings (SSSR count). The lowest BCUT2D eigenvalue weighted by molar-refractivity contribution is 0.889. The summed E-state index contributed by atoms with van der Waals surface area (Å²) in [5.74, 6) is 0. The van der Waals surface area contributed by atoms with Gasteiger partial charge in [-0.3, -0.25) is 0 Å². The Balaban J connectivity index is 3.39. The van der Waals surface area contributed by atoms with Gasteiger partial charge in [0.05, 0.1) is 0 Å². The highest BCUT2D eigenvalue weighted by Crippen LogP contribution is 1.71. The molecule has 0 heterocycles. The van der Waals surface area contributed by atoms with Gasteiger partial charge in [-0.2, -0.15) is 0 Å². The SMILES string of the molecule is [B]c1ccc/c(=[N+](/C)[O-])cc1. The van der Waals surface area contributed by atoms with Gasteiger partial charge in [-0.1, -0.05) is 23.7 Å². The molecule has 54 valence electrons. The van der Waals surface area contributed by atoms with Crippen molar-refractivity contribution in [3.8, 4) is 0 Å². The van der Waals surface area contributed by atoms with Crippen LogP contribution in [0.15, 0.2) is 30.3 Å². The van der Waals surface area contributed by atoms with E-state index in [9.17, 15) is 5.21 Å². The fourth-order valence-electron chi connectivity index (χ4n) is 0.760. The zero-order chi connectivity index (χ0) is 8.27. The quantitative estimate of drug-likeness (QED) is 0.271. The van der Waals surface area contributed by atoms with Crippen molar-refractivity contribution < 1.29 is 0 Å². The van der Waals surface area contributed by atoms with Crippen molar-refractivity contribution in [3.05, 3.63) is 40.9 Å². The normalized spacial score (nSPS) is 12.5. The van der Waals surface area contributed by atoms with Gasteiger partial charge >= 0.3 is 0 Å². The van der Waals surface area contributed by atoms with Crippen LogP contribution in [0.3, 0.4) is 0 Å². The van der Waals surface area contributed by atoms with Crippen LogP contribution in [0.4, 0.5) is 0 Å². The average Bonchev–Trinajstić information content (AvgIpc) is 2.13. The zero-order valence-corrected chi connectivity index (χ0v) is 6.32. The molecule has 0 atom stereocenters. The second kappa shape index (κ2) is 3.24. The molecule has 0 aliphatic rings. The Kier molecular flexibility index (Phi) is 2.31. The van der Waals surface area contributed by atoms with Crippen molar-refractivity contribution in [1.29, 1.82) is 0 Å². The van der Waals surface area contributed by atoms with E-state index < -0.39 is 0 Å². The molecule has 0 N–H and O–H groups in total. The zero-order valence-electron chi connectivity index (χ0n) is 6.32. The van der Waals surface area contributed by atoms with Crippen molar-refractivity contribution in [2.24, 2.45) is 0 Å². The lowest BCUT2D eigenvalue weighted by Gasteiger charge is -1.90. The summed E-state index contributed by atoms with van der Waals surface area (Å²) in [7, 11) is 6.94. The second-order valence-electron chi connectivity index (χ2n) is 2.28. The molecule has 0 spiro atoms. The van der Waals surface area contributed by atoms with Crippen LogP contribution < -0.4 is 15.6 Å². The molecule has 0 saturated carbocycles. The molecule has 0 aliphatic carbocycles. The van der Waals surface area contributed by atoms with Gasteiger partial charge in [-0.25, -0.2) is 4.74 Å². The molecule has 1 aromatic carbocycles. The van der Waals surface area contributed by atoms with E-state index in [1.165, 1.54) is 7.05 Å². The Morgan fingerprint density at radius 3 is 2.64 bits per heavy atom. The maximum absolute atomic E-state index is 10.8. The molecule has 1 aromatic rings. The van der Waals surface area contributed by atoms with Gasteiger partial charge in [-0.15, -0.1) is 0 Å². The van der Waals surface area contributed by atoms with Gasteiger partial charge in [0.2, 0.25) is 5.36 Å². The summed E-state index contributed by atoms with van der Waals surface area (Å²) in [6.45, 7) is 0. The number of nitrogens with zero attached hydrogens (tertiary/aromatic N) is 1. The number of hydrogen-bond acceptors (Lipinski definition) is 1. The van der Waals surface area contributed by atoms with Gasteiger partial charge in [0, 0.05) is 12.1 Å². The predicted octanol–water partition coefficient (Wildman–Crippen LogP) is -0.620. The highest BCUT2D eigenvalue weighted by Gasteiger charge is 1.84. The summed E-state index contributed by atoms with van der Waals surface area (Å²) in [5.41, 5.74) is 0.651. The molecule has 0 bridgehead atoms. The van der Waals surface area contributed by atoms with E-state index in [1.54, 1.807) is 30.3 Å². The summed E-state index contributed by atoms with van der Waals surface area (Å²) >= 11 is 0. The van der Waals surface area contributed by atoms with E-state index in [0.717, 1.165) is 4.74 Å². The monoisotopic (exact) mass is 145 g/mol. The first-order valence-electron chi connectivity index (χ1n) is 3.30. The fourth-order valence-corrected chi connectivity index (χ4v) is 0.760. The topological polar surface area (TPSA) is 26.1 Å². The van der Waals surface area contributed by atoms with E-state index in [0.29, 0.717) is 10.8 Å². The molecule has 0 aliphatic heterocycles. The number of rotatable bonds is 0. The molecule has 0 unspecified atom stereocenters. The van der Waals surface area contributed by atoms with E-state index in [-0.39, 0.29) is 0 Å². The Bertz CT molecular complexity index is 318. The van der Waals surface area contributed by atoms with Crippen LogP contribution in [0.2, 0.25) is 0 Å². The fraction of sp³-hybridized carbons (Fsp3) is 0.125. The highest BCUT2D eigenvalue weighted by molar-refractivity contribution is 6.32. The third-order valence-electron chi connectivity index (χ3n) is 1.37. The molecule has 11 heavy (non-hydrogen) atoms. The lowest BCUT2D eigenvalue weighted by atomic mass is 9.99. The first-order valence-corrected chi connectivity index (χ1v) is 3.30. The maximum atomic E-state index is 10.8. The van der Waals surface area contributed by atoms with Gasteiger partial charge < -0.3 is 5.21 Å². The number of hydroxylamine groups is 1. The Labute approximate surface area is 66.8 Å². The summed E-state index contributed by atoms with van der Waals surface area (Å²) in [6.07, 6.45) is 0. The minimum absolute atomic E-state index is 0.599. The molecular weight excluding hydrogens is 137 g/mol. The summed E-state index contributed by atoms with van der Waals surface area (Å²) in [4.78, 5) is 0. The predicted molar refractivity (Wildman–Crippen MR) is 46.4 cm³/mol. The van der Waals surface area contributed by atoms with Gasteiger partial charge in [0.25, 0.3) is 0 Å². The molecule has 0 fully saturated rings. The molecular formula is C8H8BNO. The van der Waals surface area contributed by atoms with Crippen molar-refractivity contribution in [2.45, 2.75) is 0 Å². The summed E-state index contributed by atoms with van der Waals surface area (Å²) in [6, 6.07) is 8.58. The highest BCUT2D eigenvalue weighted by atomic mass is 16.5. The van der Waals surface area contributed by atoms with Crippen LogP contribution in [0, 0.1) is 5.21 Å². The van der Waals surface area contributed by atoms with Gasteiger partial charge in [0.1, 0.15) is 14.9 Å². The van der Waals surface area contributed by atoms with E-state index >= 15 is 0 Å². The first-order chi connectivity index (χ1) is 5.20. The Morgan fingerprint density at radius 1 is 1.27 bits per heavy atom. The third-order valence-corrected chi connectivity index (χ3v) is 1.37. The molecule has 0 amide bonds. The van der Waals surface area contributed by atoms with Crippen LogP contribution in [-0.4, -0.2) is 14.9 Å². The molecule has 0 saturated heterocycles. The van der Waals surface area contributed by atoms with Crippen LogP contribution >= 0.6 is 0 Å². The minimum Gasteiger partial charge on any atom is -0.624 e. The van der Waals surface area contributed by atoms with Crippen molar-refractivity contribution in [1.82, 2.24) is 4.74 Å². The van der Waals surface area contributed by atoms with Gasteiger partial charge in [-0.05, 0) is 0 Å². The summed E-state index contributed by atoms with van der Waals surface area (Å²) < 4.78 is 0.791.